The van der Waals surface area contributed by atoms with Gasteiger partial charge in [0.25, 0.3) is 0 Å². The van der Waals surface area contributed by atoms with Gasteiger partial charge in [0.15, 0.2) is 0 Å². The molecule has 0 aromatic heterocycles. The smallest absolute Gasteiger partial charge is 0.0223 e. The van der Waals surface area contributed by atoms with Crippen molar-refractivity contribution in [3.63, 3.8) is 0 Å². The second kappa shape index (κ2) is 11.2. The summed E-state index contributed by atoms with van der Waals surface area (Å²) in [5.74, 6) is 0.815. The van der Waals surface area contributed by atoms with Crippen molar-refractivity contribution in [2.45, 2.75) is 45.4 Å². The van der Waals surface area contributed by atoms with Crippen molar-refractivity contribution in [2.75, 3.05) is 19.0 Å². The molecule has 0 bridgehead atoms. The van der Waals surface area contributed by atoms with Gasteiger partial charge in [-0.25, -0.2) is 0 Å². The molecule has 0 aromatic carbocycles. The SMILES string of the molecule is CCCCCNCCCCCCl. The van der Waals surface area contributed by atoms with E-state index >= 15 is 0 Å². The molecule has 0 amide bonds. The second-order valence-corrected chi connectivity index (χ2v) is 3.58. The van der Waals surface area contributed by atoms with Crippen LogP contribution in [0.4, 0.5) is 0 Å². The van der Waals surface area contributed by atoms with Crippen molar-refractivity contribution in [1.29, 1.82) is 0 Å². The molecule has 0 atom stereocenters. The van der Waals surface area contributed by atoms with Crippen LogP contribution in [0.2, 0.25) is 0 Å². The Kier molecular flexibility index (Phi) is 11.5. The third kappa shape index (κ3) is 10.2. The van der Waals surface area contributed by atoms with Crippen molar-refractivity contribution in [1.82, 2.24) is 5.32 Å². The molecule has 0 saturated heterocycles. The summed E-state index contributed by atoms with van der Waals surface area (Å²) < 4.78 is 0. The summed E-state index contributed by atoms with van der Waals surface area (Å²) in [7, 11) is 0. The average Bonchev–Trinajstić information content (AvgIpc) is 2.10. The molecular formula is C10H22ClN. The fraction of sp³-hybridized carbons (Fsp3) is 1.00. The van der Waals surface area contributed by atoms with Crippen molar-refractivity contribution < 1.29 is 0 Å². The van der Waals surface area contributed by atoms with Gasteiger partial charge in [-0.2, -0.15) is 0 Å². The standard InChI is InChI=1S/C10H22ClN/c1-2-3-6-9-12-10-7-4-5-8-11/h12H,2-10H2,1H3. The Bertz CT molecular complexity index is 66.2. The van der Waals surface area contributed by atoms with Crippen LogP contribution in [0.5, 0.6) is 0 Å². The monoisotopic (exact) mass is 191 g/mol. The molecule has 0 unspecified atom stereocenters. The summed E-state index contributed by atoms with van der Waals surface area (Å²) in [6.07, 6.45) is 7.70. The molecule has 0 spiro atoms. The third-order valence-electron chi connectivity index (χ3n) is 1.94. The van der Waals surface area contributed by atoms with Gasteiger partial charge >= 0.3 is 0 Å². The molecule has 1 N–H and O–H groups in total. The number of hydrogen-bond donors (Lipinski definition) is 1. The van der Waals surface area contributed by atoms with Gasteiger partial charge in [-0.3, -0.25) is 0 Å². The summed E-state index contributed by atoms with van der Waals surface area (Å²) in [4.78, 5) is 0. The molecule has 0 fully saturated rings. The average molecular weight is 192 g/mol. The maximum atomic E-state index is 5.56. The van der Waals surface area contributed by atoms with Gasteiger partial charge in [0, 0.05) is 5.88 Å². The van der Waals surface area contributed by atoms with E-state index in [1.807, 2.05) is 0 Å². The molecule has 0 aliphatic rings. The zero-order chi connectivity index (χ0) is 9.07. The van der Waals surface area contributed by atoms with E-state index in [4.69, 9.17) is 11.6 Å². The summed E-state index contributed by atoms with van der Waals surface area (Å²) in [5.41, 5.74) is 0. The first kappa shape index (κ1) is 12.2. The van der Waals surface area contributed by atoms with E-state index in [0.29, 0.717) is 0 Å². The lowest BCUT2D eigenvalue weighted by Crippen LogP contribution is -2.16. The van der Waals surface area contributed by atoms with Crippen LogP contribution < -0.4 is 5.32 Å². The molecule has 0 aromatic rings. The van der Waals surface area contributed by atoms with E-state index in [0.717, 1.165) is 12.3 Å². The lowest BCUT2D eigenvalue weighted by atomic mass is 10.2. The number of hydrogen-bond acceptors (Lipinski definition) is 1. The van der Waals surface area contributed by atoms with Crippen LogP contribution in [0.3, 0.4) is 0 Å². The van der Waals surface area contributed by atoms with Crippen LogP contribution in [0.15, 0.2) is 0 Å². The number of halogens is 1. The van der Waals surface area contributed by atoms with Gasteiger partial charge in [-0.05, 0) is 32.4 Å². The predicted octanol–water partition coefficient (Wildman–Crippen LogP) is 3.18. The van der Waals surface area contributed by atoms with Crippen molar-refractivity contribution in [3.05, 3.63) is 0 Å². The molecule has 12 heavy (non-hydrogen) atoms. The summed E-state index contributed by atoms with van der Waals surface area (Å²) in [6, 6.07) is 0. The first-order chi connectivity index (χ1) is 5.91. The van der Waals surface area contributed by atoms with Gasteiger partial charge < -0.3 is 5.32 Å². The maximum absolute atomic E-state index is 5.56. The Labute approximate surface area is 81.9 Å². The molecule has 0 aliphatic heterocycles. The number of nitrogens with one attached hydrogen (secondary N) is 1. The minimum atomic E-state index is 0.815. The highest BCUT2D eigenvalue weighted by molar-refractivity contribution is 6.17. The summed E-state index contributed by atoms with van der Waals surface area (Å²) >= 11 is 5.56. The van der Waals surface area contributed by atoms with Crippen LogP contribution in [0.25, 0.3) is 0 Å². The van der Waals surface area contributed by atoms with E-state index in [1.54, 1.807) is 0 Å². The number of alkyl halides is 1. The first-order valence-corrected chi connectivity index (χ1v) is 5.72. The van der Waals surface area contributed by atoms with E-state index < -0.39 is 0 Å². The highest BCUT2D eigenvalue weighted by atomic mass is 35.5. The molecule has 1 nitrogen and oxygen atoms in total. The largest absolute Gasteiger partial charge is 0.317 e. The molecule has 0 saturated carbocycles. The quantitative estimate of drug-likeness (QED) is 0.436. The second-order valence-electron chi connectivity index (χ2n) is 3.21. The lowest BCUT2D eigenvalue weighted by molar-refractivity contribution is 0.583. The molecular weight excluding hydrogens is 170 g/mol. The van der Waals surface area contributed by atoms with Gasteiger partial charge in [0.2, 0.25) is 0 Å². The predicted molar refractivity (Wildman–Crippen MR) is 57.0 cm³/mol. The Morgan fingerprint density at radius 1 is 0.917 bits per heavy atom. The maximum Gasteiger partial charge on any atom is 0.0223 e. The molecule has 0 rings (SSSR count). The van der Waals surface area contributed by atoms with Crippen LogP contribution >= 0.6 is 11.6 Å². The van der Waals surface area contributed by atoms with E-state index in [1.165, 1.54) is 45.2 Å². The Hall–Kier alpha value is 0.250. The lowest BCUT2D eigenvalue weighted by Gasteiger charge is -2.02. The Morgan fingerprint density at radius 2 is 1.58 bits per heavy atom. The van der Waals surface area contributed by atoms with Gasteiger partial charge in [-0.15, -0.1) is 11.6 Å². The first-order valence-electron chi connectivity index (χ1n) is 5.18. The van der Waals surface area contributed by atoms with E-state index in [-0.39, 0.29) is 0 Å². The topological polar surface area (TPSA) is 12.0 Å². The summed E-state index contributed by atoms with van der Waals surface area (Å²) in [6.45, 7) is 4.59. The fourth-order valence-corrected chi connectivity index (χ4v) is 1.34. The highest BCUT2D eigenvalue weighted by Gasteiger charge is 1.88. The highest BCUT2D eigenvalue weighted by Crippen LogP contribution is 1.96. The zero-order valence-corrected chi connectivity index (χ0v) is 9.00. The number of unbranched alkanes of at least 4 members (excludes halogenated alkanes) is 4. The van der Waals surface area contributed by atoms with Crippen molar-refractivity contribution in [2.24, 2.45) is 0 Å². The molecule has 0 radical (unpaired) electrons. The van der Waals surface area contributed by atoms with Crippen LogP contribution in [0, 0.1) is 0 Å². The molecule has 2 heteroatoms. The zero-order valence-electron chi connectivity index (χ0n) is 8.24. The van der Waals surface area contributed by atoms with E-state index in [9.17, 15) is 0 Å². The van der Waals surface area contributed by atoms with Crippen LogP contribution in [-0.2, 0) is 0 Å². The minimum Gasteiger partial charge on any atom is -0.317 e. The number of rotatable bonds is 9. The Balaban J connectivity index is 2.73. The van der Waals surface area contributed by atoms with Crippen LogP contribution in [0.1, 0.15) is 45.4 Å². The van der Waals surface area contributed by atoms with E-state index in [2.05, 4.69) is 12.2 Å². The van der Waals surface area contributed by atoms with Crippen molar-refractivity contribution in [3.8, 4) is 0 Å². The summed E-state index contributed by atoms with van der Waals surface area (Å²) in [5, 5.41) is 3.44. The van der Waals surface area contributed by atoms with Gasteiger partial charge in [0.05, 0.1) is 0 Å². The molecule has 0 aliphatic carbocycles. The molecule has 0 heterocycles. The fourth-order valence-electron chi connectivity index (χ4n) is 1.15. The van der Waals surface area contributed by atoms with Gasteiger partial charge in [0.1, 0.15) is 0 Å². The Morgan fingerprint density at radius 3 is 2.17 bits per heavy atom. The molecule has 74 valence electrons. The third-order valence-corrected chi connectivity index (χ3v) is 2.21. The van der Waals surface area contributed by atoms with Gasteiger partial charge in [-0.1, -0.05) is 26.2 Å². The normalized spacial score (nSPS) is 10.5. The van der Waals surface area contributed by atoms with Crippen LogP contribution in [-0.4, -0.2) is 19.0 Å². The van der Waals surface area contributed by atoms with Crippen molar-refractivity contribution >= 4 is 11.6 Å². The minimum absolute atomic E-state index is 0.815.